The van der Waals surface area contributed by atoms with Crippen LogP contribution in [0.4, 0.5) is 11.8 Å². The fourth-order valence-electron chi connectivity index (χ4n) is 3.06. The standard InChI is InChI=1S/C14H20N6O/c1-9-4-2-3-5-11(9)18-14-19-12(15)10(8-17-21)13-16-6-7-20(13)14/h6-7,9,11H,2-5,8,15H2,1H3,(H,18,19). The predicted octanol–water partition coefficient (Wildman–Crippen LogP) is 2.57. The van der Waals surface area contributed by atoms with Gasteiger partial charge in [-0.2, -0.15) is 9.89 Å². The summed E-state index contributed by atoms with van der Waals surface area (Å²) in [5.41, 5.74) is 7.20. The van der Waals surface area contributed by atoms with Crippen molar-refractivity contribution in [2.45, 2.75) is 45.2 Å². The summed E-state index contributed by atoms with van der Waals surface area (Å²) < 4.78 is 1.85. The van der Waals surface area contributed by atoms with Crippen molar-refractivity contribution in [3.05, 3.63) is 22.9 Å². The lowest BCUT2D eigenvalue weighted by atomic mass is 9.86. The molecule has 1 aliphatic rings. The lowest BCUT2D eigenvalue weighted by Crippen LogP contribution is -2.31. The van der Waals surface area contributed by atoms with E-state index in [-0.39, 0.29) is 6.54 Å². The summed E-state index contributed by atoms with van der Waals surface area (Å²) in [4.78, 5) is 19.2. The number of nitroso groups, excluding NO2 is 1. The molecule has 0 spiro atoms. The SMILES string of the molecule is CC1CCCCC1Nc1nc(N)c(CN=O)c2nccn12. The number of imidazole rings is 1. The van der Waals surface area contributed by atoms with Crippen LogP contribution in [-0.4, -0.2) is 20.4 Å². The Morgan fingerprint density at radius 2 is 2.29 bits per heavy atom. The topological polar surface area (TPSA) is 97.7 Å². The molecular formula is C14H20N6O. The Bertz CT molecular complexity index is 652. The van der Waals surface area contributed by atoms with Crippen molar-refractivity contribution < 1.29 is 0 Å². The molecule has 3 N–H and O–H groups in total. The molecule has 1 fully saturated rings. The molecule has 0 amide bonds. The summed E-state index contributed by atoms with van der Waals surface area (Å²) >= 11 is 0. The van der Waals surface area contributed by atoms with Crippen LogP contribution in [0.1, 0.15) is 38.2 Å². The molecule has 2 aromatic heterocycles. The van der Waals surface area contributed by atoms with Crippen LogP contribution in [0.5, 0.6) is 0 Å². The van der Waals surface area contributed by atoms with Gasteiger partial charge in [0.15, 0.2) is 0 Å². The molecule has 2 unspecified atom stereocenters. The zero-order valence-electron chi connectivity index (χ0n) is 12.1. The van der Waals surface area contributed by atoms with E-state index in [1.54, 1.807) is 6.20 Å². The van der Waals surface area contributed by atoms with Crippen LogP contribution in [0.15, 0.2) is 17.6 Å². The molecule has 2 atom stereocenters. The van der Waals surface area contributed by atoms with Crippen molar-refractivity contribution in [3.8, 4) is 0 Å². The normalized spacial score (nSPS) is 22.3. The number of hydrogen-bond acceptors (Lipinski definition) is 6. The van der Waals surface area contributed by atoms with Crippen molar-refractivity contribution in [3.63, 3.8) is 0 Å². The Hall–Kier alpha value is -2.18. The van der Waals surface area contributed by atoms with E-state index in [2.05, 4.69) is 27.4 Å². The Balaban J connectivity index is 1.97. The van der Waals surface area contributed by atoms with Gasteiger partial charge in [0.25, 0.3) is 0 Å². The average Bonchev–Trinajstić information content (AvgIpc) is 2.95. The largest absolute Gasteiger partial charge is 0.383 e. The number of anilines is 2. The number of rotatable bonds is 4. The summed E-state index contributed by atoms with van der Waals surface area (Å²) in [5.74, 6) is 1.62. The molecule has 0 saturated heterocycles. The Kier molecular flexibility index (Phi) is 3.72. The van der Waals surface area contributed by atoms with Crippen LogP contribution in [0.3, 0.4) is 0 Å². The zero-order valence-corrected chi connectivity index (χ0v) is 12.1. The average molecular weight is 288 g/mol. The molecular weight excluding hydrogens is 268 g/mol. The maximum atomic E-state index is 10.6. The molecule has 2 aromatic rings. The van der Waals surface area contributed by atoms with E-state index < -0.39 is 0 Å². The third kappa shape index (κ3) is 2.55. The van der Waals surface area contributed by atoms with E-state index in [1.165, 1.54) is 19.3 Å². The molecule has 7 nitrogen and oxygen atoms in total. The van der Waals surface area contributed by atoms with Gasteiger partial charge in [0.05, 0.1) is 5.56 Å². The van der Waals surface area contributed by atoms with E-state index in [0.29, 0.717) is 34.9 Å². The van der Waals surface area contributed by atoms with Gasteiger partial charge in [-0.25, -0.2) is 4.98 Å². The smallest absolute Gasteiger partial charge is 0.210 e. The molecule has 0 radical (unpaired) electrons. The lowest BCUT2D eigenvalue weighted by Gasteiger charge is -2.30. The van der Waals surface area contributed by atoms with Gasteiger partial charge in [-0.05, 0) is 18.8 Å². The molecule has 0 aromatic carbocycles. The first-order chi connectivity index (χ1) is 10.2. The molecule has 1 saturated carbocycles. The minimum absolute atomic E-state index is 0.0144. The van der Waals surface area contributed by atoms with E-state index in [4.69, 9.17) is 5.73 Å². The first kappa shape index (κ1) is 13.8. The first-order valence-corrected chi connectivity index (χ1v) is 7.37. The number of nitrogen functional groups attached to an aromatic ring is 1. The van der Waals surface area contributed by atoms with Gasteiger partial charge in [0, 0.05) is 18.4 Å². The van der Waals surface area contributed by atoms with Gasteiger partial charge in [-0.15, -0.1) is 0 Å². The number of aromatic nitrogens is 3. The summed E-state index contributed by atoms with van der Waals surface area (Å²) in [7, 11) is 0. The fraction of sp³-hybridized carbons (Fsp3) is 0.571. The maximum absolute atomic E-state index is 10.6. The van der Waals surface area contributed by atoms with Crippen molar-refractivity contribution >= 4 is 17.4 Å². The number of nitrogens with one attached hydrogen (secondary N) is 1. The lowest BCUT2D eigenvalue weighted by molar-refractivity contribution is 0.348. The third-order valence-corrected chi connectivity index (χ3v) is 4.32. The number of nitrogens with zero attached hydrogens (tertiary/aromatic N) is 4. The van der Waals surface area contributed by atoms with E-state index in [1.807, 2.05) is 10.6 Å². The second kappa shape index (κ2) is 5.67. The number of fused-ring (bicyclic) bond motifs is 1. The van der Waals surface area contributed by atoms with Crippen LogP contribution in [0.25, 0.3) is 5.65 Å². The van der Waals surface area contributed by atoms with Crippen molar-refractivity contribution in [1.29, 1.82) is 0 Å². The molecule has 0 aliphatic heterocycles. The van der Waals surface area contributed by atoms with E-state index in [9.17, 15) is 4.91 Å². The summed E-state index contributed by atoms with van der Waals surface area (Å²) in [6.45, 7) is 2.25. The van der Waals surface area contributed by atoms with Crippen molar-refractivity contribution in [2.75, 3.05) is 11.1 Å². The summed E-state index contributed by atoms with van der Waals surface area (Å²) in [6.07, 6.45) is 8.40. The highest BCUT2D eigenvalue weighted by Gasteiger charge is 2.23. The number of nitrogens with two attached hydrogens (primary N) is 1. The van der Waals surface area contributed by atoms with Gasteiger partial charge in [-0.1, -0.05) is 24.9 Å². The van der Waals surface area contributed by atoms with Gasteiger partial charge >= 0.3 is 0 Å². The number of hydrogen-bond donors (Lipinski definition) is 2. The minimum atomic E-state index is -0.0144. The zero-order chi connectivity index (χ0) is 14.8. The van der Waals surface area contributed by atoms with Crippen LogP contribution in [-0.2, 0) is 6.54 Å². The van der Waals surface area contributed by atoms with Crippen molar-refractivity contribution in [2.24, 2.45) is 11.1 Å². The molecule has 112 valence electrons. The summed E-state index contributed by atoms with van der Waals surface area (Å²) in [5, 5.41) is 6.40. The van der Waals surface area contributed by atoms with Gasteiger partial charge in [0.1, 0.15) is 18.0 Å². The quantitative estimate of drug-likeness (QED) is 0.843. The highest BCUT2D eigenvalue weighted by molar-refractivity contribution is 5.62. The molecule has 3 rings (SSSR count). The molecule has 0 bridgehead atoms. The minimum Gasteiger partial charge on any atom is -0.383 e. The van der Waals surface area contributed by atoms with Crippen LogP contribution >= 0.6 is 0 Å². The second-order valence-corrected chi connectivity index (χ2v) is 5.72. The third-order valence-electron chi connectivity index (χ3n) is 4.32. The summed E-state index contributed by atoms with van der Waals surface area (Å²) in [6, 6.07) is 0.395. The van der Waals surface area contributed by atoms with Gasteiger partial charge in [-0.3, -0.25) is 4.40 Å². The van der Waals surface area contributed by atoms with E-state index in [0.717, 1.165) is 6.42 Å². The Labute approximate surface area is 122 Å². The van der Waals surface area contributed by atoms with Gasteiger partial charge < -0.3 is 11.1 Å². The highest BCUT2D eigenvalue weighted by Crippen LogP contribution is 2.28. The fourth-order valence-corrected chi connectivity index (χ4v) is 3.06. The first-order valence-electron chi connectivity index (χ1n) is 7.37. The van der Waals surface area contributed by atoms with Crippen LogP contribution in [0.2, 0.25) is 0 Å². The monoisotopic (exact) mass is 288 g/mol. The van der Waals surface area contributed by atoms with Crippen LogP contribution in [0, 0.1) is 10.8 Å². The molecule has 2 heterocycles. The van der Waals surface area contributed by atoms with Crippen LogP contribution < -0.4 is 11.1 Å². The van der Waals surface area contributed by atoms with E-state index >= 15 is 0 Å². The second-order valence-electron chi connectivity index (χ2n) is 5.72. The van der Waals surface area contributed by atoms with Gasteiger partial charge in [0.2, 0.25) is 5.95 Å². The highest BCUT2D eigenvalue weighted by atomic mass is 16.3. The Morgan fingerprint density at radius 1 is 1.48 bits per heavy atom. The predicted molar refractivity (Wildman–Crippen MR) is 81.9 cm³/mol. The maximum Gasteiger partial charge on any atom is 0.210 e. The van der Waals surface area contributed by atoms with Crippen molar-refractivity contribution in [1.82, 2.24) is 14.4 Å². The molecule has 1 aliphatic carbocycles. The molecule has 7 heteroatoms. The Morgan fingerprint density at radius 3 is 3.05 bits per heavy atom. The molecule has 21 heavy (non-hydrogen) atoms.